The number of carbonyl (C=O) groups excluding carboxylic acids is 1. The Kier molecular flexibility index (Phi) is 6.86. The summed E-state index contributed by atoms with van der Waals surface area (Å²) >= 11 is 1.38. The Bertz CT molecular complexity index is 1070. The van der Waals surface area contributed by atoms with E-state index in [0.29, 0.717) is 28.6 Å². The second kappa shape index (κ2) is 9.61. The molecule has 2 unspecified atom stereocenters. The number of nitrogens with one attached hydrogen (secondary N) is 2. The first-order valence-electron chi connectivity index (χ1n) is 10.6. The van der Waals surface area contributed by atoms with Crippen LogP contribution in [0.4, 0.5) is 5.13 Å². The average Bonchev–Trinajstić information content (AvgIpc) is 3.44. The number of anilines is 1. The van der Waals surface area contributed by atoms with E-state index in [9.17, 15) is 4.79 Å². The zero-order valence-electron chi connectivity index (χ0n) is 17.5. The van der Waals surface area contributed by atoms with Gasteiger partial charge in [0.15, 0.2) is 0 Å². The lowest BCUT2D eigenvalue weighted by molar-refractivity contribution is 0.0662. The summed E-state index contributed by atoms with van der Waals surface area (Å²) in [4.78, 5) is 12.9. The minimum Gasteiger partial charge on any atom is -0.381 e. The van der Waals surface area contributed by atoms with Crippen molar-refractivity contribution in [3.8, 4) is 0 Å². The van der Waals surface area contributed by atoms with Crippen LogP contribution in [0.2, 0.25) is 0 Å². The van der Waals surface area contributed by atoms with Crippen LogP contribution in [0, 0.1) is 12.8 Å². The van der Waals surface area contributed by atoms with Gasteiger partial charge in [0.25, 0.3) is 5.91 Å². The Morgan fingerprint density at radius 2 is 2.00 bits per heavy atom. The number of benzene rings is 2. The third-order valence-electron chi connectivity index (χ3n) is 6.10. The molecule has 3 aromatic rings. The molecule has 0 bridgehead atoms. The summed E-state index contributed by atoms with van der Waals surface area (Å²) in [7, 11) is 0. The molecule has 2 heterocycles. The van der Waals surface area contributed by atoms with Crippen molar-refractivity contribution < 1.29 is 9.53 Å². The minimum atomic E-state index is -0.134. The number of ether oxygens (including phenoxy) is 1. The number of amides is 1. The van der Waals surface area contributed by atoms with Gasteiger partial charge >= 0.3 is 0 Å². The molecule has 8 heteroatoms. The molecule has 2 aromatic carbocycles. The largest absolute Gasteiger partial charge is 0.381 e. The quantitative estimate of drug-likeness (QED) is 0.566. The molecule has 1 amide bonds. The molecule has 6 nitrogen and oxygen atoms in total. The predicted molar refractivity (Wildman–Crippen MR) is 126 cm³/mol. The maximum atomic E-state index is 12.9. The normalized spacial score (nSPS) is 20.9. The van der Waals surface area contributed by atoms with E-state index in [1.807, 2.05) is 19.1 Å². The smallest absolute Gasteiger partial charge is 0.257 e. The molecule has 31 heavy (non-hydrogen) atoms. The first-order valence-corrected chi connectivity index (χ1v) is 11.4. The Balaban J connectivity index is 0.00000231. The summed E-state index contributed by atoms with van der Waals surface area (Å²) in [6.45, 7) is 4.70. The monoisotopic (exact) mass is 458 g/mol. The molecule has 1 saturated carbocycles. The number of fused-ring (bicyclic) bond motifs is 1. The Labute approximate surface area is 192 Å². The van der Waals surface area contributed by atoms with E-state index >= 15 is 0 Å². The van der Waals surface area contributed by atoms with Gasteiger partial charge in [-0.25, -0.2) is 0 Å². The van der Waals surface area contributed by atoms with Crippen LogP contribution in [-0.4, -0.2) is 41.9 Å². The first kappa shape index (κ1) is 22.1. The standard InChI is InChI=1S/C23H26N4O2S.ClH/c1-14-26-27-23(30-14)25-22(28)17-10-16-4-2-3-5-18(16)19(11-17)20-12-21(20)24-13-15-6-8-29-9-7-15;/h2-5,10-11,15,20-21,24H,6-9,12-13H2,1H3,(H,25,27,28);1H. The van der Waals surface area contributed by atoms with E-state index in [1.54, 1.807) is 0 Å². The van der Waals surface area contributed by atoms with Crippen molar-refractivity contribution in [3.63, 3.8) is 0 Å². The summed E-state index contributed by atoms with van der Waals surface area (Å²) in [6.07, 6.45) is 3.41. The van der Waals surface area contributed by atoms with Crippen molar-refractivity contribution in [3.05, 3.63) is 52.5 Å². The summed E-state index contributed by atoms with van der Waals surface area (Å²) in [6, 6.07) is 12.9. The lowest BCUT2D eigenvalue weighted by Crippen LogP contribution is -2.29. The number of aromatic nitrogens is 2. The number of nitrogens with zero attached hydrogens (tertiary/aromatic N) is 2. The third-order valence-corrected chi connectivity index (χ3v) is 6.86. The average molecular weight is 459 g/mol. The van der Waals surface area contributed by atoms with Crippen LogP contribution in [0.25, 0.3) is 10.8 Å². The van der Waals surface area contributed by atoms with Gasteiger partial charge in [0, 0.05) is 30.7 Å². The van der Waals surface area contributed by atoms with Crippen molar-refractivity contribution in [1.29, 1.82) is 0 Å². The number of rotatable bonds is 6. The molecule has 2 aliphatic rings. The highest BCUT2D eigenvalue weighted by atomic mass is 35.5. The molecule has 2 atom stereocenters. The number of hydrogen-bond acceptors (Lipinski definition) is 6. The highest BCUT2D eigenvalue weighted by Gasteiger charge is 2.39. The molecular formula is C23H27ClN4O2S. The second-order valence-electron chi connectivity index (χ2n) is 8.28. The maximum absolute atomic E-state index is 12.9. The molecule has 1 aromatic heterocycles. The zero-order chi connectivity index (χ0) is 20.5. The number of aryl methyl sites for hydroxylation is 1. The summed E-state index contributed by atoms with van der Waals surface area (Å²) in [5.41, 5.74) is 1.93. The van der Waals surface area contributed by atoms with Crippen LogP contribution in [0.15, 0.2) is 36.4 Å². The van der Waals surface area contributed by atoms with Gasteiger partial charge in [-0.1, -0.05) is 35.6 Å². The molecule has 0 spiro atoms. The van der Waals surface area contributed by atoms with Crippen LogP contribution >= 0.6 is 23.7 Å². The highest BCUT2D eigenvalue weighted by molar-refractivity contribution is 7.15. The van der Waals surface area contributed by atoms with E-state index in [1.165, 1.54) is 22.3 Å². The fourth-order valence-electron chi connectivity index (χ4n) is 4.33. The Morgan fingerprint density at radius 1 is 1.19 bits per heavy atom. The van der Waals surface area contributed by atoms with Gasteiger partial charge in [0.05, 0.1) is 0 Å². The third kappa shape index (κ3) is 5.06. The van der Waals surface area contributed by atoms with E-state index in [4.69, 9.17) is 4.74 Å². The zero-order valence-corrected chi connectivity index (χ0v) is 19.1. The van der Waals surface area contributed by atoms with Gasteiger partial charge in [-0.15, -0.1) is 22.6 Å². The topological polar surface area (TPSA) is 76.1 Å². The van der Waals surface area contributed by atoms with Gasteiger partial charge in [0.1, 0.15) is 5.01 Å². The lowest BCUT2D eigenvalue weighted by atomic mass is 9.97. The van der Waals surface area contributed by atoms with Crippen molar-refractivity contribution in [1.82, 2.24) is 15.5 Å². The van der Waals surface area contributed by atoms with E-state index < -0.39 is 0 Å². The SMILES string of the molecule is Cc1nnc(NC(=O)c2cc(C3CC3NCC3CCOCC3)c3ccccc3c2)s1.Cl. The van der Waals surface area contributed by atoms with Gasteiger partial charge in [0.2, 0.25) is 5.13 Å². The van der Waals surface area contributed by atoms with Gasteiger partial charge in [-0.2, -0.15) is 0 Å². The van der Waals surface area contributed by atoms with Crippen LogP contribution in [-0.2, 0) is 4.74 Å². The molecule has 2 N–H and O–H groups in total. The summed E-state index contributed by atoms with van der Waals surface area (Å²) in [5.74, 6) is 1.03. The van der Waals surface area contributed by atoms with E-state index in [2.05, 4.69) is 45.1 Å². The fraction of sp³-hybridized carbons (Fsp3) is 0.435. The minimum absolute atomic E-state index is 0. The van der Waals surface area contributed by atoms with Gasteiger partial charge in [-0.3, -0.25) is 10.1 Å². The predicted octanol–water partition coefficient (Wildman–Crippen LogP) is 4.55. The lowest BCUT2D eigenvalue weighted by Gasteiger charge is -2.22. The molecule has 1 aliphatic heterocycles. The van der Waals surface area contributed by atoms with Crippen molar-refractivity contribution in [2.24, 2.45) is 5.92 Å². The van der Waals surface area contributed by atoms with Crippen molar-refractivity contribution in [2.75, 3.05) is 25.1 Å². The van der Waals surface area contributed by atoms with E-state index in [0.717, 1.165) is 49.4 Å². The van der Waals surface area contributed by atoms with Crippen LogP contribution in [0.5, 0.6) is 0 Å². The molecule has 2 fully saturated rings. The van der Waals surface area contributed by atoms with Gasteiger partial charge < -0.3 is 10.1 Å². The highest BCUT2D eigenvalue weighted by Crippen LogP contribution is 2.44. The molecule has 0 radical (unpaired) electrons. The number of hydrogen-bond donors (Lipinski definition) is 2. The molecular weight excluding hydrogens is 432 g/mol. The maximum Gasteiger partial charge on any atom is 0.257 e. The second-order valence-corrected chi connectivity index (χ2v) is 9.46. The Hall–Kier alpha value is -2.06. The van der Waals surface area contributed by atoms with Crippen molar-refractivity contribution in [2.45, 2.75) is 38.1 Å². The number of halogens is 1. The fourth-order valence-corrected chi connectivity index (χ4v) is 4.91. The Morgan fingerprint density at radius 3 is 2.77 bits per heavy atom. The van der Waals surface area contributed by atoms with Gasteiger partial charge in [-0.05, 0) is 67.1 Å². The summed E-state index contributed by atoms with van der Waals surface area (Å²) < 4.78 is 5.47. The molecule has 164 valence electrons. The van der Waals surface area contributed by atoms with Crippen molar-refractivity contribution >= 4 is 45.6 Å². The summed E-state index contributed by atoms with van der Waals surface area (Å²) in [5, 5.41) is 18.3. The van der Waals surface area contributed by atoms with Crippen LogP contribution < -0.4 is 10.6 Å². The van der Waals surface area contributed by atoms with Crippen LogP contribution in [0.3, 0.4) is 0 Å². The molecule has 1 saturated heterocycles. The van der Waals surface area contributed by atoms with Crippen LogP contribution in [0.1, 0.15) is 46.1 Å². The van der Waals surface area contributed by atoms with E-state index in [-0.39, 0.29) is 18.3 Å². The number of carbonyl (C=O) groups is 1. The first-order chi connectivity index (χ1) is 14.7. The molecule has 1 aliphatic carbocycles. The molecule has 5 rings (SSSR count).